The lowest BCUT2D eigenvalue weighted by molar-refractivity contribution is -0.0713. The van der Waals surface area contributed by atoms with E-state index in [4.69, 9.17) is 19.4 Å². The van der Waals surface area contributed by atoms with Crippen molar-refractivity contribution in [3.63, 3.8) is 0 Å². The molecule has 0 unspecified atom stereocenters. The molecule has 5 nitrogen and oxygen atoms in total. The third kappa shape index (κ3) is 2.51. The number of rotatable bonds is 4. The predicted molar refractivity (Wildman–Crippen MR) is 52.5 cm³/mol. The second kappa shape index (κ2) is 4.37. The summed E-state index contributed by atoms with van der Waals surface area (Å²) in [6.07, 6.45) is 0. The third-order valence-electron chi connectivity index (χ3n) is 2.03. The SMILES string of the molecule is CN(O)CCOc1ccc2c(c1)OCO2. The fraction of sp³-hybridized carbons (Fsp3) is 0.400. The first kappa shape index (κ1) is 10.1. The van der Waals surface area contributed by atoms with E-state index in [2.05, 4.69) is 0 Å². The molecule has 0 bridgehead atoms. The summed E-state index contributed by atoms with van der Waals surface area (Å²) in [7, 11) is 1.57. The molecular weight excluding hydrogens is 198 g/mol. The van der Waals surface area contributed by atoms with Gasteiger partial charge in [0.2, 0.25) is 6.79 Å². The number of benzene rings is 1. The largest absolute Gasteiger partial charge is 0.492 e. The number of likely N-dealkylation sites (N-methyl/N-ethyl adjacent to an activating group) is 1. The molecule has 1 aromatic rings. The molecule has 15 heavy (non-hydrogen) atoms. The van der Waals surface area contributed by atoms with Gasteiger partial charge < -0.3 is 19.4 Å². The average molecular weight is 211 g/mol. The number of hydrogen-bond acceptors (Lipinski definition) is 5. The van der Waals surface area contributed by atoms with E-state index in [0.717, 1.165) is 10.8 Å². The van der Waals surface area contributed by atoms with Crippen LogP contribution in [0.25, 0.3) is 0 Å². The van der Waals surface area contributed by atoms with Gasteiger partial charge in [-0.15, -0.1) is 0 Å². The van der Waals surface area contributed by atoms with E-state index in [1.807, 2.05) is 6.07 Å². The van der Waals surface area contributed by atoms with E-state index in [-0.39, 0.29) is 6.79 Å². The third-order valence-corrected chi connectivity index (χ3v) is 2.03. The highest BCUT2D eigenvalue weighted by molar-refractivity contribution is 5.46. The number of ether oxygens (including phenoxy) is 3. The predicted octanol–water partition coefficient (Wildman–Crippen LogP) is 1.12. The smallest absolute Gasteiger partial charge is 0.231 e. The van der Waals surface area contributed by atoms with E-state index in [0.29, 0.717) is 24.7 Å². The molecule has 1 N–H and O–H groups in total. The van der Waals surface area contributed by atoms with Crippen molar-refractivity contribution in [2.45, 2.75) is 0 Å². The van der Waals surface area contributed by atoms with Gasteiger partial charge in [0.1, 0.15) is 12.4 Å². The molecular formula is C10H13NO4. The highest BCUT2D eigenvalue weighted by Crippen LogP contribution is 2.34. The second-order valence-corrected chi connectivity index (χ2v) is 3.24. The molecule has 1 heterocycles. The van der Waals surface area contributed by atoms with Crippen LogP contribution in [-0.4, -0.2) is 37.3 Å². The topological polar surface area (TPSA) is 51.2 Å². The molecule has 1 aromatic carbocycles. The summed E-state index contributed by atoms with van der Waals surface area (Å²) in [5, 5.41) is 9.97. The summed E-state index contributed by atoms with van der Waals surface area (Å²) in [6, 6.07) is 5.39. The van der Waals surface area contributed by atoms with Gasteiger partial charge in [0.15, 0.2) is 11.5 Å². The van der Waals surface area contributed by atoms with Crippen molar-refractivity contribution in [3.05, 3.63) is 18.2 Å². The van der Waals surface area contributed by atoms with Crippen molar-refractivity contribution >= 4 is 0 Å². The van der Waals surface area contributed by atoms with Crippen LogP contribution in [0.1, 0.15) is 0 Å². The molecule has 0 saturated heterocycles. The summed E-state index contributed by atoms with van der Waals surface area (Å²) in [5.74, 6) is 2.15. The van der Waals surface area contributed by atoms with Gasteiger partial charge in [-0.25, -0.2) is 0 Å². The van der Waals surface area contributed by atoms with E-state index >= 15 is 0 Å². The molecule has 0 amide bonds. The Morgan fingerprint density at radius 2 is 2.20 bits per heavy atom. The van der Waals surface area contributed by atoms with Crippen LogP contribution in [0, 0.1) is 0 Å². The highest BCUT2D eigenvalue weighted by Gasteiger charge is 2.13. The zero-order chi connectivity index (χ0) is 10.7. The molecule has 0 spiro atoms. The molecule has 0 radical (unpaired) electrons. The first-order chi connectivity index (χ1) is 7.25. The van der Waals surface area contributed by atoms with Crippen molar-refractivity contribution in [3.8, 4) is 17.2 Å². The van der Waals surface area contributed by atoms with E-state index in [1.54, 1.807) is 19.2 Å². The van der Waals surface area contributed by atoms with Gasteiger partial charge >= 0.3 is 0 Å². The molecule has 1 aliphatic heterocycles. The number of nitrogens with zero attached hydrogens (tertiary/aromatic N) is 1. The van der Waals surface area contributed by atoms with Crippen molar-refractivity contribution < 1.29 is 19.4 Å². The molecule has 2 rings (SSSR count). The molecule has 0 atom stereocenters. The van der Waals surface area contributed by atoms with Crippen LogP contribution in [0.2, 0.25) is 0 Å². The van der Waals surface area contributed by atoms with Crippen LogP contribution < -0.4 is 14.2 Å². The Kier molecular flexibility index (Phi) is 2.94. The minimum absolute atomic E-state index is 0.262. The zero-order valence-electron chi connectivity index (χ0n) is 8.47. The van der Waals surface area contributed by atoms with Gasteiger partial charge in [-0.05, 0) is 12.1 Å². The van der Waals surface area contributed by atoms with Crippen molar-refractivity contribution in [1.82, 2.24) is 5.06 Å². The highest BCUT2D eigenvalue weighted by atomic mass is 16.7. The zero-order valence-corrected chi connectivity index (χ0v) is 8.47. The maximum atomic E-state index is 8.89. The summed E-state index contributed by atoms with van der Waals surface area (Å²) in [4.78, 5) is 0. The molecule has 0 aromatic heterocycles. The van der Waals surface area contributed by atoms with Crippen molar-refractivity contribution in [1.29, 1.82) is 0 Å². The maximum absolute atomic E-state index is 8.89. The number of hydrogen-bond donors (Lipinski definition) is 1. The molecule has 82 valence electrons. The molecule has 5 heteroatoms. The van der Waals surface area contributed by atoms with Gasteiger partial charge in [-0.2, -0.15) is 5.06 Å². The minimum Gasteiger partial charge on any atom is -0.492 e. The Balaban J connectivity index is 1.92. The first-order valence-corrected chi connectivity index (χ1v) is 4.68. The molecule has 0 fully saturated rings. The maximum Gasteiger partial charge on any atom is 0.231 e. The van der Waals surface area contributed by atoms with E-state index < -0.39 is 0 Å². The lowest BCUT2D eigenvalue weighted by atomic mass is 10.3. The van der Waals surface area contributed by atoms with Gasteiger partial charge in [0.05, 0.1) is 6.54 Å². The van der Waals surface area contributed by atoms with Crippen LogP contribution in [0.4, 0.5) is 0 Å². The molecule has 0 aliphatic carbocycles. The summed E-state index contributed by atoms with van der Waals surface area (Å²) in [5.41, 5.74) is 0. The lowest BCUT2D eigenvalue weighted by Crippen LogP contribution is -2.20. The van der Waals surface area contributed by atoms with Crippen LogP contribution in [0.3, 0.4) is 0 Å². The Labute approximate surface area is 87.7 Å². The Hall–Kier alpha value is -1.46. The van der Waals surface area contributed by atoms with Crippen LogP contribution in [0.15, 0.2) is 18.2 Å². The fourth-order valence-corrected chi connectivity index (χ4v) is 1.26. The second-order valence-electron chi connectivity index (χ2n) is 3.24. The standard InChI is InChI=1S/C10H13NO4/c1-11(12)4-5-13-8-2-3-9-10(6-8)15-7-14-9/h2-3,6,12H,4-5,7H2,1H3. The van der Waals surface area contributed by atoms with Gasteiger partial charge in [-0.1, -0.05) is 0 Å². The summed E-state index contributed by atoms with van der Waals surface area (Å²) in [6.45, 7) is 1.14. The normalized spacial score (nSPS) is 13.3. The summed E-state index contributed by atoms with van der Waals surface area (Å²) >= 11 is 0. The summed E-state index contributed by atoms with van der Waals surface area (Å²) < 4.78 is 15.8. The van der Waals surface area contributed by atoms with Gasteiger partial charge in [0, 0.05) is 13.1 Å². The fourth-order valence-electron chi connectivity index (χ4n) is 1.26. The van der Waals surface area contributed by atoms with Crippen LogP contribution in [-0.2, 0) is 0 Å². The lowest BCUT2D eigenvalue weighted by Gasteiger charge is -2.09. The van der Waals surface area contributed by atoms with E-state index in [1.165, 1.54) is 0 Å². The monoisotopic (exact) mass is 211 g/mol. The molecule has 1 aliphatic rings. The van der Waals surface area contributed by atoms with Crippen molar-refractivity contribution in [2.75, 3.05) is 27.0 Å². The van der Waals surface area contributed by atoms with Crippen molar-refractivity contribution in [2.24, 2.45) is 0 Å². The average Bonchev–Trinajstić information content (AvgIpc) is 2.64. The Morgan fingerprint density at radius 1 is 1.40 bits per heavy atom. The number of hydroxylamine groups is 2. The Morgan fingerprint density at radius 3 is 3.00 bits per heavy atom. The minimum atomic E-state index is 0.262. The first-order valence-electron chi connectivity index (χ1n) is 4.68. The molecule has 0 saturated carbocycles. The van der Waals surface area contributed by atoms with Gasteiger partial charge in [-0.3, -0.25) is 0 Å². The Bertz CT molecular complexity index is 340. The van der Waals surface area contributed by atoms with Crippen LogP contribution >= 0.6 is 0 Å². The van der Waals surface area contributed by atoms with E-state index in [9.17, 15) is 0 Å². The van der Waals surface area contributed by atoms with Gasteiger partial charge in [0.25, 0.3) is 0 Å². The number of fused-ring (bicyclic) bond motifs is 1. The quantitative estimate of drug-likeness (QED) is 0.756. The van der Waals surface area contributed by atoms with Crippen LogP contribution in [0.5, 0.6) is 17.2 Å².